The quantitative estimate of drug-likeness (QED) is 0.527. The zero-order valence-electron chi connectivity index (χ0n) is 8.62. The summed E-state index contributed by atoms with van der Waals surface area (Å²) in [5.74, 6) is -0.845. The predicted molar refractivity (Wildman–Crippen MR) is 53.5 cm³/mol. The Morgan fingerprint density at radius 1 is 1.40 bits per heavy atom. The maximum atomic E-state index is 11.5. The molecule has 4 N–H and O–H groups in total. The van der Waals surface area contributed by atoms with E-state index < -0.39 is 5.91 Å². The number of hydrogen-bond acceptors (Lipinski definition) is 4. The molecule has 1 rings (SSSR count). The summed E-state index contributed by atoms with van der Waals surface area (Å²) in [7, 11) is 0. The predicted octanol–water partition coefficient (Wildman–Crippen LogP) is -0.948. The van der Waals surface area contributed by atoms with Gasteiger partial charge in [-0.25, -0.2) is 5.48 Å². The molecule has 0 bridgehead atoms. The first-order chi connectivity index (χ1) is 7.20. The van der Waals surface area contributed by atoms with E-state index in [1.807, 2.05) is 0 Å². The van der Waals surface area contributed by atoms with Gasteiger partial charge < -0.3 is 11.1 Å². The molecule has 1 saturated heterocycles. The Morgan fingerprint density at radius 2 is 2.20 bits per heavy atom. The molecule has 0 saturated carbocycles. The lowest BCUT2D eigenvalue weighted by Gasteiger charge is -2.14. The van der Waals surface area contributed by atoms with Gasteiger partial charge in [0.05, 0.1) is 6.04 Å². The molecule has 1 aliphatic heterocycles. The summed E-state index contributed by atoms with van der Waals surface area (Å²) in [4.78, 5) is 26.5. The number of carbonyl (C=O) groups is 2. The molecule has 0 aromatic rings. The smallest absolute Gasteiger partial charge is 0.260 e. The van der Waals surface area contributed by atoms with Gasteiger partial charge in [0, 0.05) is 0 Å². The van der Waals surface area contributed by atoms with Crippen LogP contribution in [-0.4, -0.2) is 31.0 Å². The third-order valence-corrected chi connectivity index (χ3v) is 2.26. The number of amides is 2. The molecule has 0 spiro atoms. The Morgan fingerprint density at radius 3 is 2.93 bits per heavy atom. The Balaban J connectivity index is 2.22. The SMILES string of the molecule is NC(=O)CONC(=O)C1CCCCCN1. The highest BCUT2D eigenvalue weighted by Crippen LogP contribution is 2.08. The lowest BCUT2D eigenvalue weighted by molar-refractivity contribution is -0.139. The summed E-state index contributed by atoms with van der Waals surface area (Å²) in [6.07, 6.45) is 4.05. The zero-order chi connectivity index (χ0) is 11.1. The van der Waals surface area contributed by atoms with Crippen molar-refractivity contribution < 1.29 is 14.4 Å². The van der Waals surface area contributed by atoms with Crippen LogP contribution in [0.1, 0.15) is 25.7 Å². The Hall–Kier alpha value is -1.14. The first-order valence-corrected chi connectivity index (χ1v) is 5.13. The van der Waals surface area contributed by atoms with Crippen LogP contribution in [0.3, 0.4) is 0 Å². The summed E-state index contributed by atoms with van der Waals surface area (Å²) < 4.78 is 0. The lowest BCUT2D eigenvalue weighted by Crippen LogP contribution is -2.44. The molecule has 0 aromatic carbocycles. The average Bonchev–Trinajstić information content (AvgIpc) is 2.44. The normalized spacial score (nSPS) is 21.7. The van der Waals surface area contributed by atoms with Crippen LogP contribution in [0.4, 0.5) is 0 Å². The van der Waals surface area contributed by atoms with E-state index in [0.29, 0.717) is 0 Å². The van der Waals surface area contributed by atoms with Crippen molar-refractivity contribution >= 4 is 11.8 Å². The van der Waals surface area contributed by atoms with Gasteiger partial charge in [0.2, 0.25) is 5.91 Å². The van der Waals surface area contributed by atoms with Crippen LogP contribution in [0.15, 0.2) is 0 Å². The largest absolute Gasteiger partial charge is 0.368 e. The van der Waals surface area contributed by atoms with Crippen molar-refractivity contribution in [2.45, 2.75) is 31.7 Å². The van der Waals surface area contributed by atoms with E-state index in [1.54, 1.807) is 0 Å². The highest BCUT2D eigenvalue weighted by molar-refractivity contribution is 5.81. The number of rotatable bonds is 4. The van der Waals surface area contributed by atoms with Gasteiger partial charge in [-0.1, -0.05) is 12.8 Å². The highest BCUT2D eigenvalue weighted by Gasteiger charge is 2.19. The molecule has 1 fully saturated rings. The molecule has 6 heteroatoms. The maximum absolute atomic E-state index is 11.5. The Labute approximate surface area is 88.5 Å². The topological polar surface area (TPSA) is 93.5 Å². The van der Waals surface area contributed by atoms with E-state index in [0.717, 1.165) is 32.2 Å². The molecule has 1 unspecified atom stereocenters. The van der Waals surface area contributed by atoms with Gasteiger partial charge >= 0.3 is 0 Å². The molecule has 1 aliphatic rings. The fourth-order valence-corrected chi connectivity index (χ4v) is 1.50. The van der Waals surface area contributed by atoms with Crippen molar-refractivity contribution in [3.8, 4) is 0 Å². The number of nitrogens with one attached hydrogen (secondary N) is 2. The number of hydrogen-bond donors (Lipinski definition) is 3. The summed E-state index contributed by atoms with van der Waals surface area (Å²) in [6.45, 7) is 0.548. The minimum atomic E-state index is -0.607. The fraction of sp³-hybridized carbons (Fsp3) is 0.778. The molecule has 0 aromatic heterocycles. The summed E-state index contributed by atoms with van der Waals surface area (Å²) in [5, 5.41) is 3.11. The highest BCUT2D eigenvalue weighted by atomic mass is 16.7. The molecule has 2 amide bonds. The van der Waals surface area contributed by atoms with E-state index in [4.69, 9.17) is 5.73 Å². The number of nitrogens with two attached hydrogens (primary N) is 1. The Bertz CT molecular complexity index is 225. The molecule has 1 atom stereocenters. The average molecular weight is 215 g/mol. The van der Waals surface area contributed by atoms with Gasteiger partial charge in [-0.15, -0.1) is 0 Å². The van der Waals surface area contributed by atoms with E-state index in [2.05, 4.69) is 15.6 Å². The van der Waals surface area contributed by atoms with Crippen molar-refractivity contribution in [3.63, 3.8) is 0 Å². The van der Waals surface area contributed by atoms with Gasteiger partial charge in [-0.05, 0) is 19.4 Å². The standard InChI is InChI=1S/C9H17N3O3/c10-8(13)6-15-12-9(14)7-4-2-1-3-5-11-7/h7,11H,1-6H2,(H2,10,13)(H,12,14). The van der Waals surface area contributed by atoms with Crippen molar-refractivity contribution in [3.05, 3.63) is 0 Å². The monoisotopic (exact) mass is 215 g/mol. The number of hydroxylamine groups is 1. The first-order valence-electron chi connectivity index (χ1n) is 5.13. The van der Waals surface area contributed by atoms with Gasteiger partial charge in [0.1, 0.15) is 0 Å². The van der Waals surface area contributed by atoms with Crippen LogP contribution >= 0.6 is 0 Å². The molecule has 86 valence electrons. The van der Waals surface area contributed by atoms with Gasteiger partial charge in [0.15, 0.2) is 6.61 Å². The van der Waals surface area contributed by atoms with Crippen LogP contribution < -0.4 is 16.5 Å². The summed E-state index contributed by atoms with van der Waals surface area (Å²) in [6, 6.07) is -0.222. The maximum Gasteiger partial charge on any atom is 0.260 e. The van der Waals surface area contributed by atoms with Gasteiger partial charge in [-0.3, -0.25) is 14.4 Å². The third kappa shape index (κ3) is 4.75. The second-order valence-corrected chi connectivity index (χ2v) is 3.58. The minimum Gasteiger partial charge on any atom is -0.368 e. The molecule has 0 aliphatic carbocycles. The van der Waals surface area contributed by atoms with Crippen molar-refractivity contribution in [1.82, 2.24) is 10.8 Å². The van der Waals surface area contributed by atoms with Gasteiger partial charge in [-0.2, -0.15) is 0 Å². The van der Waals surface area contributed by atoms with E-state index in [1.165, 1.54) is 0 Å². The molecule has 0 radical (unpaired) electrons. The fourth-order valence-electron chi connectivity index (χ4n) is 1.50. The molecular formula is C9H17N3O3. The van der Waals surface area contributed by atoms with Crippen LogP contribution in [0.25, 0.3) is 0 Å². The first kappa shape index (κ1) is 11.9. The second-order valence-electron chi connectivity index (χ2n) is 3.58. The number of carbonyl (C=O) groups excluding carboxylic acids is 2. The van der Waals surface area contributed by atoms with Crippen molar-refractivity contribution in [2.24, 2.45) is 5.73 Å². The molecular weight excluding hydrogens is 198 g/mol. The van der Waals surface area contributed by atoms with Crippen LogP contribution in [0, 0.1) is 0 Å². The molecule has 15 heavy (non-hydrogen) atoms. The van der Waals surface area contributed by atoms with Gasteiger partial charge in [0.25, 0.3) is 5.91 Å². The van der Waals surface area contributed by atoms with E-state index in [-0.39, 0.29) is 18.6 Å². The minimum absolute atomic E-state index is 0.222. The van der Waals surface area contributed by atoms with E-state index >= 15 is 0 Å². The number of primary amides is 1. The summed E-state index contributed by atoms with van der Waals surface area (Å²) in [5.41, 5.74) is 7.06. The van der Waals surface area contributed by atoms with Crippen molar-refractivity contribution in [2.75, 3.05) is 13.2 Å². The molecule has 1 heterocycles. The summed E-state index contributed by atoms with van der Waals surface area (Å²) >= 11 is 0. The molecule has 6 nitrogen and oxygen atoms in total. The van der Waals surface area contributed by atoms with Crippen LogP contribution in [-0.2, 0) is 14.4 Å². The van der Waals surface area contributed by atoms with Crippen LogP contribution in [0.2, 0.25) is 0 Å². The van der Waals surface area contributed by atoms with E-state index in [9.17, 15) is 9.59 Å². The van der Waals surface area contributed by atoms with Crippen molar-refractivity contribution in [1.29, 1.82) is 0 Å². The Kier molecular flexibility index (Phi) is 5.06. The lowest BCUT2D eigenvalue weighted by atomic mass is 10.1. The van der Waals surface area contributed by atoms with Crippen LogP contribution in [0.5, 0.6) is 0 Å². The zero-order valence-corrected chi connectivity index (χ0v) is 8.62. The third-order valence-electron chi connectivity index (χ3n) is 2.26. The second kappa shape index (κ2) is 6.36.